The van der Waals surface area contributed by atoms with Crippen LogP contribution in [-0.4, -0.2) is 49.9 Å². The van der Waals surface area contributed by atoms with Crippen LogP contribution < -0.4 is 0 Å². The molecular formula is C21H23NO5S2. The first kappa shape index (κ1) is 21.5. The Kier molecular flexibility index (Phi) is 7.10. The third-order valence-corrected chi connectivity index (χ3v) is 7.50. The predicted octanol–water partition coefficient (Wildman–Crippen LogP) is 3.38. The zero-order valence-corrected chi connectivity index (χ0v) is 17.7. The van der Waals surface area contributed by atoms with Crippen LogP contribution in [-0.2, 0) is 19.6 Å². The molecule has 0 saturated carbocycles. The molecule has 1 aliphatic heterocycles. The molecule has 1 unspecified atom stereocenters. The average Bonchev–Trinajstić information content (AvgIpc) is 2.77. The number of nitrogens with zero attached hydrogens (tertiary/aromatic N) is 1. The highest BCUT2D eigenvalue weighted by Gasteiger charge is 2.38. The van der Waals surface area contributed by atoms with Crippen LogP contribution >= 0.6 is 11.8 Å². The first-order valence-corrected chi connectivity index (χ1v) is 12.0. The minimum absolute atomic E-state index is 0.143. The van der Waals surface area contributed by atoms with Crippen molar-refractivity contribution in [2.45, 2.75) is 35.1 Å². The number of benzene rings is 2. The van der Waals surface area contributed by atoms with Crippen molar-refractivity contribution < 1.29 is 22.7 Å². The molecule has 2 aromatic carbocycles. The van der Waals surface area contributed by atoms with E-state index in [0.29, 0.717) is 18.4 Å². The summed E-state index contributed by atoms with van der Waals surface area (Å²) in [7, 11) is -3.81. The van der Waals surface area contributed by atoms with E-state index >= 15 is 0 Å². The fraction of sp³-hybridized carbons (Fsp3) is 0.333. The van der Waals surface area contributed by atoms with E-state index in [9.17, 15) is 18.0 Å². The van der Waals surface area contributed by atoms with Gasteiger partial charge in [-0.2, -0.15) is 4.31 Å². The van der Waals surface area contributed by atoms with E-state index in [2.05, 4.69) is 0 Å². The minimum Gasteiger partial charge on any atom is -0.456 e. The van der Waals surface area contributed by atoms with E-state index in [-0.39, 0.29) is 17.2 Å². The summed E-state index contributed by atoms with van der Waals surface area (Å²) >= 11 is 1.57. The number of ether oxygens (including phenoxy) is 1. The van der Waals surface area contributed by atoms with Crippen molar-refractivity contribution >= 4 is 33.5 Å². The van der Waals surface area contributed by atoms with E-state index in [1.807, 2.05) is 18.4 Å². The van der Waals surface area contributed by atoms with Gasteiger partial charge in [-0.3, -0.25) is 9.59 Å². The van der Waals surface area contributed by atoms with Gasteiger partial charge in [0.05, 0.1) is 4.90 Å². The lowest BCUT2D eigenvalue weighted by molar-refractivity contribution is -0.148. The van der Waals surface area contributed by atoms with Gasteiger partial charge in [0, 0.05) is 17.0 Å². The monoisotopic (exact) mass is 433 g/mol. The van der Waals surface area contributed by atoms with Crippen molar-refractivity contribution in [2.24, 2.45) is 0 Å². The van der Waals surface area contributed by atoms with Gasteiger partial charge < -0.3 is 4.74 Å². The molecule has 0 N–H and O–H groups in total. The normalized spacial score (nSPS) is 17.6. The Morgan fingerprint density at radius 3 is 2.41 bits per heavy atom. The van der Waals surface area contributed by atoms with Crippen molar-refractivity contribution in [1.29, 1.82) is 0 Å². The van der Waals surface area contributed by atoms with E-state index in [0.717, 1.165) is 11.3 Å². The Bertz CT molecular complexity index is 958. The van der Waals surface area contributed by atoms with E-state index in [4.69, 9.17) is 4.74 Å². The summed E-state index contributed by atoms with van der Waals surface area (Å²) in [6.45, 7) is -0.158. The van der Waals surface area contributed by atoms with Crippen molar-refractivity contribution in [3.8, 4) is 0 Å². The number of esters is 1. The maximum absolute atomic E-state index is 13.0. The van der Waals surface area contributed by atoms with Crippen LogP contribution in [0.25, 0.3) is 0 Å². The van der Waals surface area contributed by atoms with Gasteiger partial charge >= 0.3 is 5.97 Å². The molecule has 0 bridgehead atoms. The number of ketones is 1. The van der Waals surface area contributed by atoms with Crippen molar-refractivity contribution in [2.75, 3.05) is 19.4 Å². The molecule has 154 valence electrons. The third-order valence-electron chi connectivity index (χ3n) is 4.83. The summed E-state index contributed by atoms with van der Waals surface area (Å²) in [5.74, 6) is -1.00. The first-order chi connectivity index (χ1) is 13.9. The van der Waals surface area contributed by atoms with Crippen LogP contribution in [0.2, 0.25) is 0 Å². The number of hydrogen-bond donors (Lipinski definition) is 0. The third kappa shape index (κ3) is 5.07. The minimum atomic E-state index is -3.81. The van der Waals surface area contributed by atoms with Crippen LogP contribution in [0.15, 0.2) is 64.4 Å². The highest BCUT2D eigenvalue weighted by Crippen LogP contribution is 2.26. The lowest BCUT2D eigenvalue weighted by atomic mass is 10.1. The molecule has 1 atom stereocenters. The van der Waals surface area contributed by atoms with E-state index < -0.39 is 28.6 Å². The van der Waals surface area contributed by atoms with Crippen molar-refractivity contribution in [3.05, 3.63) is 60.2 Å². The van der Waals surface area contributed by atoms with Crippen LogP contribution in [0, 0.1) is 0 Å². The molecule has 2 aromatic rings. The summed E-state index contributed by atoms with van der Waals surface area (Å²) in [4.78, 5) is 26.1. The van der Waals surface area contributed by atoms with Gasteiger partial charge in [-0.05, 0) is 49.8 Å². The van der Waals surface area contributed by atoms with Gasteiger partial charge in [0.2, 0.25) is 10.0 Å². The zero-order valence-electron chi connectivity index (χ0n) is 16.1. The van der Waals surface area contributed by atoms with Gasteiger partial charge in [0.15, 0.2) is 12.4 Å². The Balaban J connectivity index is 1.68. The predicted molar refractivity (Wildman–Crippen MR) is 111 cm³/mol. The molecule has 1 heterocycles. The quantitative estimate of drug-likeness (QED) is 0.378. The van der Waals surface area contributed by atoms with Crippen LogP contribution in [0.4, 0.5) is 0 Å². The molecule has 29 heavy (non-hydrogen) atoms. The fourth-order valence-electron chi connectivity index (χ4n) is 3.25. The summed E-state index contributed by atoms with van der Waals surface area (Å²) in [5.41, 5.74) is 0.452. The maximum Gasteiger partial charge on any atom is 0.324 e. The smallest absolute Gasteiger partial charge is 0.324 e. The maximum atomic E-state index is 13.0. The molecule has 3 rings (SSSR count). The molecule has 0 radical (unpaired) electrons. The molecule has 0 amide bonds. The average molecular weight is 434 g/mol. The highest BCUT2D eigenvalue weighted by molar-refractivity contribution is 7.98. The van der Waals surface area contributed by atoms with Gasteiger partial charge in [-0.25, -0.2) is 8.42 Å². The Labute approximate surface area is 175 Å². The highest BCUT2D eigenvalue weighted by atomic mass is 32.2. The number of carbonyl (C=O) groups is 2. The second-order valence-electron chi connectivity index (χ2n) is 6.70. The number of rotatable bonds is 7. The number of piperidine rings is 1. The summed E-state index contributed by atoms with van der Waals surface area (Å²) in [5, 5.41) is 0. The van der Waals surface area contributed by atoms with Crippen molar-refractivity contribution in [3.63, 3.8) is 0 Å². The topological polar surface area (TPSA) is 80.8 Å². The van der Waals surface area contributed by atoms with E-state index in [1.165, 1.54) is 16.4 Å². The number of hydrogen-bond acceptors (Lipinski definition) is 6. The van der Waals surface area contributed by atoms with Gasteiger partial charge in [0.25, 0.3) is 0 Å². The van der Waals surface area contributed by atoms with Crippen LogP contribution in [0.3, 0.4) is 0 Å². The summed E-state index contributed by atoms with van der Waals surface area (Å²) in [6.07, 6.45) is 3.72. The largest absolute Gasteiger partial charge is 0.456 e. The van der Waals surface area contributed by atoms with Gasteiger partial charge in [0.1, 0.15) is 6.04 Å². The van der Waals surface area contributed by atoms with Gasteiger partial charge in [-0.1, -0.05) is 30.3 Å². The second-order valence-corrected chi connectivity index (χ2v) is 9.47. The van der Waals surface area contributed by atoms with Crippen LogP contribution in [0.1, 0.15) is 29.6 Å². The molecule has 1 aliphatic rings. The lowest BCUT2D eigenvalue weighted by Gasteiger charge is -2.32. The Hall–Kier alpha value is -2.16. The van der Waals surface area contributed by atoms with Crippen molar-refractivity contribution in [1.82, 2.24) is 4.31 Å². The molecule has 8 heteroatoms. The molecule has 1 saturated heterocycles. The number of Topliss-reactive ketones (excluding diaryl/α,β-unsaturated/α-hetero) is 1. The lowest BCUT2D eigenvalue weighted by Crippen LogP contribution is -2.48. The molecule has 0 aliphatic carbocycles. The molecule has 0 aromatic heterocycles. The molecular weight excluding hydrogens is 410 g/mol. The Morgan fingerprint density at radius 1 is 1.07 bits per heavy atom. The summed E-state index contributed by atoms with van der Waals surface area (Å²) < 4.78 is 32.4. The number of carbonyl (C=O) groups excluding carboxylic acids is 2. The van der Waals surface area contributed by atoms with Gasteiger partial charge in [-0.15, -0.1) is 11.8 Å². The zero-order chi connectivity index (χ0) is 20.9. The molecule has 6 nitrogen and oxygen atoms in total. The van der Waals surface area contributed by atoms with Crippen LogP contribution in [0.5, 0.6) is 0 Å². The first-order valence-electron chi connectivity index (χ1n) is 9.34. The fourth-order valence-corrected chi connectivity index (χ4v) is 5.33. The number of sulfonamides is 1. The molecule has 1 fully saturated rings. The second kappa shape index (κ2) is 9.56. The Morgan fingerprint density at radius 2 is 1.76 bits per heavy atom. The number of thioether (sulfide) groups is 1. The summed E-state index contributed by atoms with van der Waals surface area (Å²) in [6, 6.07) is 14.2. The van der Waals surface area contributed by atoms with E-state index in [1.54, 1.807) is 42.1 Å². The molecule has 0 spiro atoms. The SMILES string of the molecule is CSc1ccc(C(=O)COC(=O)C2CCCCN2S(=O)(=O)c2ccccc2)cc1. The standard InChI is InChI=1S/C21H23NO5S2/c1-28-17-12-10-16(11-13-17)20(23)15-27-21(24)19-9-5-6-14-22(19)29(25,26)18-7-3-2-4-8-18/h2-4,7-8,10-13,19H,5-6,9,14-15H2,1H3.